The standard InChI is InChI=1S/C26H24F3N3O2S2/c27-26(28,29)35-22-3-1-2-21(16-22)31-20-7-11-24(12-8-20)36(33,34)23-9-4-18(5-10-23)19-6-13-25-30-14-15-32(25)17-19/h1-6,9-10,13-17,20,24,31H,7-8,11-12H2. The first-order chi connectivity index (χ1) is 17.2. The zero-order valence-electron chi connectivity index (χ0n) is 19.1. The highest BCUT2D eigenvalue weighted by molar-refractivity contribution is 8.00. The van der Waals surface area contributed by atoms with Crippen LogP contribution in [0.3, 0.4) is 0 Å². The molecule has 1 N–H and O–H groups in total. The summed E-state index contributed by atoms with van der Waals surface area (Å²) in [6.07, 6.45) is 7.79. The van der Waals surface area contributed by atoms with Crippen molar-refractivity contribution in [3.05, 3.63) is 79.3 Å². The lowest BCUT2D eigenvalue weighted by Crippen LogP contribution is -2.32. The average Bonchev–Trinajstić information content (AvgIpc) is 3.32. The van der Waals surface area contributed by atoms with Crippen molar-refractivity contribution in [2.24, 2.45) is 0 Å². The Kier molecular flexibility index (Phi) is 6.74. The number of anilines is 1. The van der Waals surface area contributed by atoms with Crippen molar-refractivity contribution in [1.29, 1.82) is 0 Å². The maximum absolute atomic E-state index is 13.3. The van der Waals surface area contributed by atoms with Crippen molar-refractivity contribution >= 4 is 32.9 Å². The number of hydrogen-bond donors (Lipinski definition) is 1. The number of nitrogens with one attached hydrogen (secondary N) is 1. The van der Waals surface area contributed by atoms with E-state index in [0.717, 1.165) is 16.8 Å². The van der Waals surface area contributed by atoms with Crippen LogP contribution in [-0.2, 0) is 9.84 Å². The van der Waals surface area contributed by atoms with Gasteiger partial charge in [-0.25, -0.2) is 13.4 Å². The number of thioether (sulfide) groups is 1. The second-order valence-electron chi connectivity index (χ2n) is 8.87. The molecule has 1 aliphatic rings. The van der Waals surface area contributed by atoms with E-state index < -0.39 is 20.6 Å². The average molecular weight is 532 g/mol. The minimum atomic E-state index is -4.34. The fourth-order valence-electron chi connectivity index (χ4n) is 4.66. The van der Waals surface area contributed by atoms with Gasteiger partial charge in [-0.2, -0.15) is 13.2 Å². The summed E-state index contributed by atoms with van der Waals surface area (Å²) in [5.74, 6) is 0. The molecule has 1 saturated carbocycles. The molecule has 1 aliphatic carbocycles. The van der Waals surface area contributed by atoms with Crippen LogP contribution >= 0.6 is 11.8 Å². The number of hydrogen-bond acceptors (Lipinski definition) is 5. The van der Waals surface area contributed by atoms with Gasteiger partial charge in [-0.05, 0) is 91.0 Å². The number of rotatable bonds is 6. The van der Waals surface area contributed by atoms with E-state index in [1.54, 1.807) is 30.5 Å². The Labute approximate surface area is 211 Å². The number of aromatic nitrogens is 2. The zero-order chi connectivity index (χ0) is 25.3. The van der Waals surface area contributed by atoms with Crippen LogP contribution in [0.25, 0.3) is 16.8 Å². The third-order valence-corrected chi connectivity index (χ3v) is 9.46. The lowest BCUT2D eigenvalue weighted by molar-refractivity contribution is -0.0328. The topological polar surface area (TPSA) is 63.5 Å². The Hall–Kier alpha value is -2.98. The molecule has 0 atom stereocenters. The van der Waals surface area contributed by atoms with Crippen LogP contribution in [0.15, 0.2) is 89.0 Å². The highest BCUT2D eigenvalue weighted by Crippen LogP contribution is 2.38. The normalized spacial score (nSPS) is 18.9. The van der Waals surface area contributed by atoms with Crippen molar-refractivity contribution in [3.8, 4) is 11.1 Å². The number of benzene rings is 2. The number of pyridine rings is 1. The van der Waals surface area contributed by atoms with Gasteiger partial charge in [0.2, 0.25) is 0 Å². The van der Waals surface area contributed by atoms with Crippen LogP contribution in [0.1, 0.15) is 25.7 Å². The maximum atomic E-state index is 13.3. The first-order valence-corrected chi connectivity index (χ1v) is 13.9. The number of fused-ring (bicyclic) bond motifs is 1. The summed E-state index contributed by atoms with van der Waals surface area (Å²) < 4.78 is 66.4. The molecule has 36 heavy (non-hydrogen) atoms. The van der Waals surface area contributed by atoms with E-state index in [0.29, 0.717) is 36.3 Å². The summed E-state index contributed by atoms with van der Waals surface area (Å²) >= 11 is -0.145. The summed E-state index contributed by atoms with van der Waals surface area (Å²) in [5.41, 5.74) is -0.996. The van der Waals surface area contributed by atoms with Gasteiger partial charge >= 0.3 is 5.51 Å². The summed E-state index contributed by atoms with van der Waals surface area (Å²) in [7, 11) is -3.48. The Morgan fingerprint density at radius 2 is 1.67 bits per heavy atom. The molecule has 0 spiro atoms. The molecule has 4 aromatic rings. The molecule has 2 heterocycles. The predicted octanol–water partition coefficient (Wildman–Crippen LogP) is 6.81. The van der Waals surface area contributed by atoms with E-state index in [1.807, 2.05) is 41.1 Å². The van der Waals surface area contributed by atoms with Crippen LogP contribution in [0, 0.1) is 0 Å². The van der Waals surface area contributed by atoms with E-state index in [2.05, 4.69) is 10.3 Å². The molecule has 0 radical (unpaired) electrons. The van der Waals surface area contributed by atoms with Crippen LogP contribution in [0.4, 0.5) is 18.9 Å². The van der Waals surface area contributed by atoms with Gasteiger partial charge in [0.05, 0.1) is 10.1 Å². The molecule has 0 saturated heterocycles. The first-order valence-electron chi connectivity index (χ1n) is 11.6. The van der Waals surface area contributed by atoms with Gasteiger partial charge in [-0.1, -0.05) is 18.2 Å². The largest absolute Gasteiger partial charge is 0.446 e. The Morgan fingerprint density at radius 1 is 0.944 bits per heavy atom. The lowest BCUT2D eigenvalue weighted by atomic mass is 9.95. The van der Waals surface area contributed by atoms with E-state index in [1.165, 1.54) is 12.1 Å². The molecule has 10 heteroatoms. The minimum absolute atomic E-state index is 0.0167. The van der Waals surface area contributed by atoms with Crippen molar-refractivity contribution in [3.63, 3.8) is 0 Å². The second-order valence-corrected chi connectivity index (χ2v) is 12.2. The Bertz CT molecular complexity index is 1460. The van der Waals surface area contributed by atoms with E-state index in [4.69, 9.17) is 0 Å². The minimum Gasteiger partial charge on any atom is -0.382 e. The van der Waals surface area contributed by atoms with Gasteiger partial charge in [0.25, 0.3) is 0 Å². The number of sulfone groups is 1. The zero-order valence-corrected chi connectivity index (χ0v) is 20.8. The molecule has 0 aliphatic heterocycles. The molecular formula is C26H24F3N3O2S2. The number of alkyl halides is 3. The lowest BCUT2D eigenvalue weighted by Gasteiger charge is -2.29. The van der Waals surface area contributed by atoms with E-state index >= 15 is 0 Å². The van der Waals surface area contributed by atoms with Gasteiger partial charge < -0.3 is 9.72 Å². The van der Waals surface area contributed by atoms with Crippen LogP contribution < -0.4 is 5.32 Å². The van der Waals surface area contributed by atoms with Gasteiger partial charge in [0.1, 0.15) is 5.65 Å². The predicted molar refractivity (Wildman–Crippen MR) is 136 cm³/mol. The molecule has 0 unspecified atom stereocenters. The molecule has 0 bridgehead atoms. The van der Waals surface area contributed by atoms with E-state index in [9.17, 15) is 21.6 Å². The SMILES string of the molecule is O=S(=O)(c1ccc(-c2ccc3nccn3c2)cc1)C1CCC(Nc2cccc(SC(F)(F)F)c2)CC1. The summed E-state index contributed by atoms with van der Waals surface area (Å²) in [6, 6.07) is 17.1. The number of halogens is 3. The van der Waals surface area contributed by atoms with Gasteiger partial charge in [-0.15, -0.1) is 0 Å². The fourth-order valence-corrected chi connectivity index (χ4v) is 7.05. The van der Waals surface area contributed by atoms with Gasteiger partial charge in [0.15, 0.2) is 9.84 Å². The van der Waals surface area contributed by atoms with Crippen LogP contribution in [0.5, 0.6) is 0 Å². The highest BCUT2D eigenvalue weighted by Gasteiger charge is 2.32. The summed E-state index contributed by atoms with van der Waals surface area (Å²) in [4.78, 5) is 4.66. The molecule has 2 aromatic heterocycles. The molecule has 188 valence electrons. The molecule has 2 aromatic carbocycles. The molecule has 5 nitrogen and oxygen atoms in total. The third-order valence-electron chi connectivity index (χ3n) is 6.46. The van der Waals surface area contributed by atoms with Crippen molar-refractivity contribution in [2.45, 2.75) is 52.3 Å². The molecular weight excluding hydrogens is 507 g/mol. The monoisotopic (exact) mass is 531 g/mol. The number of nitrogens with zero attached hydrogens (tertiary/aromatic N) is 2. The van der Waals surface area contributed by atoms with Crippen molar-refractivity contribution < 1.29 is 21.6 Å². The molecule has 1 fully saturated rings. The summed E-state index contributed by atoms with van der Waals surface area (Å²) in [6.45, 7) is 0. The Morgan fingerprint density at radius 3 is 2.39 bits per heavy atom. The van der Waals surface area contributed by atoms with Gasteiger partial charge in [0, 0.05) is 35.2 Å². The summed E-state index contributed by atoms with van der Waals surface area (Å²) in [5, 5.41) is 2.80. The van der Waals surface area contributed by atoms with E-state index in [-0.39, 0.29) is 22.7 Å². The fraction of sp³-hybridized carbons (Fsp3) is 0.269. The first kappa shape index (κ1) is 24.7. The number of imidazole rings is 1. The van der Waals surface area contributed by atoms with Crippen molar-refractivity contribution in [1.82, 2.24) is 9.38 Å². The Balaban J connectivity index is 1.22. The highest BCUT2D eigenvalue weighted by atomic mass is 32.2. The second kappa shape index (κ2) is 9.82. The third kappa shape index (κ3) is 5.54. The quantitative estimate of drug-likeness (QED) is 0.277. The van der Waals surface area contributed by atoms with Crippen LogP contribution in [-0.4, -0.2) is 34.6 Å². The maximum Gasteiger partial charge on any atom is 0.446 e. The van der Waals surface area contributed by atoms with Crippen LogP contribution in [0.2, 0.25) is 0 Å². The smallest absolute Gasteiger partial charge is 0.382 e. The van der Waals surface area contributed by atoms with Gasteiger partial charge in [-0.3, -0.25) is 0 Å². The van der Waals surface area contributed by atoms with Crippen molar-refractivity contribution in [2.75, 3.05) is 5.32 Å². The molecule has 0 amide bonds. The molecule has 5 rings (SSSR count).